The summed E-state index contributed by atoms with van der Waals surface area (Å²) in [6.07, 6.45) is 1.50. The van der Waals surface area contributed by atoms with Crippen molar-refractivity contribution in [3.05, 3.63) is 25.3 Å². The summed E-state index contributed by atoms with van der Waals surface area (Å²) in [7, 11) is 0. The first-order chi connectivity index (χ1) is 5.72. The van der Waals surface area contributed by atoms with Crippen LogP contribution in [0, 0.1) is 0 Å². The summed E-state index contributed by atoms with van der Waals surface area (Å²) in [4.78, 5) is 10.3. The number of ether oxygens (including phenoxy) is 2. The third-order valence-electron chi connectivity index (χ3n) is 0.923. The van der Waals surface area contributed by atoms with E-state index in [1.54, 1.807) is 0 Å². The first kappa shape index (κ1) is 15.3. The van der Waals surface area contributed by atoms with E-state index in [0.29, 0.717) is 0 Å². The third kappa shape index (κ3) is 8.21. The Hall–Kier alpha value is -0.130. The van der Waals surface area contributed by atoms with E-state index in [0.717, 1.165) is 0 Å². The van der Waals surface area contributed by atoms with Gasteiger partial charge in [0.25, 0.3) is 0 Å². The van der Waals surface area contributed by atoms with Crippen molar-refractivity contribution < 1.29 is 48.9 Å². The van der Waals surface area contributed by atoms with Crippen LogP contribution in [0.1, 0.15) is 0 Å². The van der Waals surface area contributed by atoms with Gasteiger partial charge in [0.2, 0.25) is 0 Å². The van der Waals surface area contributed by atoms with Gasteiger partial charge < -0.3 is 19.4 Å². The van der Waals surface area contributed by atoms with E-state index in [2.05, 4.69) is 13.2 Å². The molecule has 0 amide bonds. The minimum atomic E-state index is -1.40. The quantitative estimate of drug-likeness (QED) is 0.239. The molecule has 0 aliphatic rings. The summed E-state index contributed by atoms with van der Waals surface area (Å²) < 4.78 is 9.41. The van der Waals surface area contributed by atoms with Gasteiger partial charge in [0.1, 0.15) is 0 Å². The van der Waals surface area contributed by atoms with E-state index >= 15 is 0 Å². The van der Waals surface area contributed by atoms with Crippen LogP contribution in [-0.4, -0.2) is 25.5 Å². The Kier molecular flexibility index (Phi) is 11.8. The van der Waals surface area contributed by atoms with Crippen molar-refractivity contribution in [2.75, 3.05) is 13.2 Å². The summed E-state index contributed by atoms with van der Waals surface area (Å²) >= 11 is 0. The van der Waals surface area contributed by atoms with Gasteiger partial charge in [-0.15, -0.1) is 13.2 Å². The molecule has 0 rings (SSSR count). The molecule has 0 spiro atoms. The zero-order valence-corrected chi connectivity index (χ0v) is 9.69. The van der Waals surface area contributed by atoms with Crippen molar-refractivity contribution in [1.29, 1.82) is 0 Å². The van der Waals surface area contributed by atoms with Crippen LogP contribution < -0.4 is 34.7 Å². The van der Waals surface area contributed by atoms with Gasteiger partial charge in [0.05, 0.1) is 19.2 Å². The van der Waals surface area contributed by atoms with Crippen LogP contribution in [-0.2, 0) is 14.3 Å². The molecule has 0 saturated heterocycles. The zero-order chi connectivity index (χ0) is 9.40. The van der Waals surface area contributed by atoms with Crippen LogP contribution in [0.3, 0.4) is 0 Å². The van der Waals surface area contributed by atoms with E-state index in [-0.39, 0.29) is 42.8 Å². The van der Waals surface area contributed by atoms with Gasteiger partial charge in [-0.25, -0.2) is 0 Å². The van der Waals surface area contributed by atoms with Gasteiger partial charge in [-0.3, -0.25) is 0 Å². The minimum Gasteiger partial charge on any atom is -0.545 e. The Labute approximate surface area is 99.5 Å². The van der Waals surface area contributed by atoms with E-state index in [9.17, 15) is 9.90 Å². The molecule has 0 aromatic rings. The summed E-state index contributed by atoms with van der Waals surface area (Å²) in [6.45, 7) is 6.93. The molecule has 0 bridgehead atoms. The number of carboxylic acids is 1. The monoisotopic (exact) mass is 194 g/mol. The maximum atomic E-state index is 10.3. The van der Waals surface area contributed by atoms with Crippen LogP contribution in [0.5, 0.6) is 0 Å². The number of hydrogen-bond donors (Lipinski definition) is 0. The second kappa shape index (κ2) is 9.95. The number of carboxylic acid groups (broad SMARTS) is 1. The largest absolute Gasteiger partial charge is 1.00 e. The van der Waals surface area contributed by atoms with Crippen LogP contribution in [0.15, 0.2) is 25.3 Å². The van der Waals surface area contributed by atoms with Crippen molar-refractivity contribution in [2.24, 2.45) is 0 Å². The average Bonchev–Trinajstić information content (AvgIpc) is 2.04. The van der Waals surface area contributed by atoms with Gasteiger partial charge in [-0.2, -0.15) is 0 Å². The summed E-state index contributed by atoms with van der Waals surface area (Å²) in [6, 6.07) is 0. The topological polar surface area (TPSA) is 58.6 Å². The molecule has 0 N–H and O–H groups in total. The fourth-order valence-corrected chi connectivity index (χ4v) is 0.495. The van der Waals surface area contributed by atoms with Gasteiger partial charge in [-0.05, 0) is 0 Å². The van der Waals surface area contributed by atoms with Crippen molar-refractivity contribution >= 4 is 5.97 Å². The van der Waals surface area contributed by atoms with Gasteiger partial charge >= 0.3 is 29.6 Å². The molecule has 0 aliphatic carbocycles. The molecule has 0 heterocycles. The van der Waals surface area contributed by atoms with Gasteiger partial charge in [0, 0.05) is 0 Å². The zero-order valence-electron chi connectivity index (χ0n) is 7.69. The second-order valence-corrected chi connectivity index (χ2v) is 1.89. The molecule has 0 unspecified atom stereocenters. The smallest absolute Gasteiger partial charge is 0.545 e. The van der Waals surface area contributed by atoms with E-state index in [1.807, 2.05) is 0 Å². The van der Waals surface area contributed by atoms with Gasteiger partial charge in [0.15, 0.2) is 6.29 Å². The molecular weight excluding hydrogens is 183 g/mol. The van der Waals surface area contributed by atoms with Crippen LogP contribution >= 0.6 is 0 Å². The maximum absolute atomic E-state index is 10.3. The Morgan fingerprint density at radius 1 is 1.31 bits per heavy atom. The fraction of sp³-hybridized carbons (Fsp3) is 0.375. The normalized spacial score (nSPS) is 9.00. The Morgan fingerprint density at radius 2 is 1.69 bits per heavy atom. The van der Waals surface area contributed by atoms with Crippen LogP contribution in [0.25, 0.3) is 0 Å². The minimum absolute atomic E-state index is 0. The molecule has 0 aromatic heterocycles. The Balaban J connectivity index is 0. The van der Waals surface area contributed by atoms with Crippen molar-refractivity contribution in [3.8, 4) is 0 Å². The number of rotatable bonds is 7. The van der Waals surface area contributed by atoms with E-state index in [1.165, 1.54) is 12.2 Å². The maximum Gasteiger partial charge on any atom is 1.00 e. The standard InChI is InChI=1S/C8H12O4.Na/c1-3-5-11-8(7(9)10)12-6-4-2;/h3-4,8H,1-2,5-6H2,(H,9,10);/q;+1/p-1. The second-order valence-electron chi connectivity index (χ2n) is 1.89. The predicted molar refractivity (Wildman–Crippen MR) is 41.1 cm³/mol. The molecular formula is C8H11NaO4. The van der Waals surface area contributed by atoms with Crippen molar-refractivity contribution in [1.82, 2.24) is 0 Å². The molecule has 0 saturated carbocycles. The molecule has 4 nitrogen and oxygen atoms in total. The summed E-state index contributed by atoms with van der Waals surface area (Å²) in [5.41, 5.74) is 0. The summed E-state index contributed by atoms with van der Waals surface area (Å²) in [5.74, 6) is -1.40. The Morgan fingerprint density at radius 3 is 1.92 bits per heavy atom. The van der Waals surface area contributed by atoms with Crippen LogP contribution in [0.2, 0.25) is 0 Å². The molecule has 68 valence electrons. The SMILES string of the molecule is C=CCOC(OCC=C)C(=O)[O-].[Na+]. The number of carbonyl (C=O) groups excluding carboxylic acids is 1. The molecule has 0 aliphatic heterocycles. The van der Waals surface area contributed by atoms with Crippen molar-refractivity contribution in [2.45, 2.75) is 6.29 Å². The summed E-state index contributed by atoms with van der Waals surface area (Å²) in [5, 5.41) is 10.3. The number of hydrogen-bond acceptors (Lipinski definition) is 4. The molecule has 5 heteroatoms. The van der Waals surface area contributed by atoms with E-state index in [4.69, 9.17) is 9.47 Å². The van der Waals surface area contributed by atoms with E-state index < -0.39 is 12.3 Å². The number of aliphatic carboxylic acids is 1. The fourth-order valence-electron chi connectivity index (χ4n) is 0.495. The van der Waals surface area contributed by atoms with Crippen molar-refractivity contribution in [3.63, 3.8) is 0 Å². The first-order valence-electron chi connectivity index (χ1n) is 3.38. The molecule has 0 fully saturated rings. The average molecular weight is 194 g/mol. The molecule has 0 atom stereocenters. The van der Waals surface area contributed by atoms with Gasteiger partial charge in [-0.1, -0.05) is 12.2 Å². The Bertz CT molecular complexity index is 158. The predicted octanol–water partition coefficient (Wildman–Crippen LogP) is -3.53. The molecule has 0 aromatic carbocycles. The van der Waals surface area contributed by atoms with Crippen LogP contribution in [0.4, 0.5) is 0 Å². The molecule has 0 radical (unpaired) electrons. The number of carbonyl (C=O) groups is 1. The first-order valence-corrected chi connectivity index (χ1v) is 3.38. The third-order valence-corrected chi connectivity index (χ3v) is 0.923. The molecule has 13 heavy (non-hydrogen) atoms.